The molecule has 98 valence electrons. The van der Waals surface area contributed by atoms with Gasteiger partial charge in [0.2, 0.25) is 0 Å². The summed E-state index contributed by atoms with van der Waals surface area (Å²) >= 11 is 1.51. The van der Waals surface area contributed by atoms with Crippen LogP contribution in [0.15, 0.2) is 41.8 Å². The van der Waals surface area contributed by atoms with Crippen LogP contribution in [0, 0.1) is 0 Å². The molecule has 2 nitrogen and oxygen atoms in total. The fourth-order valence-electron chi connectivity index (χ4n) is 2.85. The lowest BCUT2D eigenvalue weighted by atomic mass is 9.87. The molecule has 0 unspecified atom stereocenters. The molecule has 1 amide bonds. The maximum Gasteiger partial charge on any atom is 0.264 e. The number of carbonyl (C=O) groups excluding carboxylic acids is 1. The minimum Gasteiger partial charge on any atom is -0.334 e. The summed E-state index contributed by atoms with van der Waals surface area (Å²) in [4.78, 5) is 15.2. The Morgan fingerprint density at radius 2 is 2.11 bits per heavy atom. The smallest absolute Gasteiger partial charge is 0.264 e. The van der Waals surface area contributed by atoms with E-state index in [1.807, 2.05) is 29.5 Å². The topological polar surface area (TPSA) is 20.3 Å². The van der Waals surface area contributed by atoms with Gasteiger partial charge < -0.3 is 4.90 Å². The van der Waals surface area contributed by atoms with Gasteiger partial charge in [0.15, 0.2) is 0 Å². The number of fused-ring (bicyclic) bond motifs is 1. The third-order valence-corrected chi connectivity index (χ3v) is 4.72. The third kappa shape index (κ3) is 2.30. The number of carbonyl (C=O) groups is 1. The molecule has 0 spiro atoms. The highest BCUT2D eigenvalue weighted by atomic mass is 32.1. The van der Waals surface area contributed by atoms with E-state index in [9.17, 15) is 4.79 Å². The Morgan fingerprint density at radius 1 is 1.26 bits per heavy atom. The van der Waals surface area contributed by atoms with E-state index in [0.717, 1.165) is 24.1 Å². The van der Waals surface area contributed by atoms with Crippen LogP contribution in [-0.2, 0) is 6.42 Å². The lowest BCUT2D eigenvalue weighted by Gasteiger charge is -2.33. The van der Waals surface area contributed by atoms with E-state index in [2.05, 4.69) is 24.3 Å². The molecule has 1 aliphatic rings. The van der Waals surface area contributed by atoms with Gasteiger partial charge in [-0.15, -0.1) is 11.3 Å². The van der Waals surface area contributed by atoms with Gasteiger partial charge in [-0.1, -0.05) is 30.3 Å². The summed E-state index contributed by atoms with van der Waals surface area (Å²) in [6.07, 6.45) is 3.35. The standard InChI is InChI=1S/C16H17NOS/c1-17(16(18)15-10-5-11-19-15)14-9-4-7-12-6-2-3-8-13(12)14/h2-3,5-6,8,10-11,14H,4,7,9H2,1H3/t14-/m1/s1. The minimum atomic E-state index is 0.136. The van der Waals surface area contributed by atoms with Crippen molar-refractivity contribution in [2.75, 3.05) is 7.05 Å². The molecule has 2 aromatic rings. The molecule has 19 heavy (non-hydrogen) atoms. The van der Waals surface area contributed by atoms with Gasteiger partial charge in [-0.05, 0) is 41.8 Å². The van der Waals surface area contributed by atoms with E-state index in [4.69, 9.17) is 0 Å². The molecule has 0 bridgehead atoms. The highest BCUT2D eigenvalue weighted by Gasteiger charge is 2.27. The number of benzene rings is 1. The number of thiophene rings is 1. The molecule has 3 rings (SSSR count). The number of rotatable bonds is 2. The molecule has 1 aromatic heterocycles. The predicted octanol–water partition coefficient (Wildman–Crippen LogP) is 3.90. The molecule has 0 aliphatic heterocycles. The fraction of sp³-hybridized carbons (Fsp3) is 0.312. The highest BCUT2D eigenvalue weighted by molar-refractivity contribution is 7.12. The Hall–Kier alpha value is -1.61. The summed E-state index contributed by atoms with van der Waals surface area (Å²) in [5.41, 5.74) is 2.71. The van der Waals surface area contributed by atoms with Crippen LogP contribution >= 0.6 is 11.3 Å². The number of hydrogen-bond donors (Lipinski definition) is 0. The molecule has 1 heterocycles. The molecule has 0 radical (unpaired) electrons. The first-order chi connectivity index (χ1) is 9.27. The van der Waals surface area contributed by atoms with Crippen molar-refractivity contribution >= 4 is 17.2 Å². The van der Waals surface area contributed by atoms with Crippen LogP contribution < -0.4 is 0 Å². The van der Waals surface area contributed by atoms with Crippen LogP contribution in [0.1, 0.15) is 39.7 Å². The second-order valence-corrected chi connectivity index (χ2v) is 5.95. The molecule has 3 heteroatoms. The Kier molecular flexibility index (Phi) is 3.38. The summed E-state index contributed by atoms with van der Waals surface area (Å²) in [7, 11) is 1.93. The minimum absolute atomic E-state index is 0.136. The van der Waals surface area contributed by atoms with Crippen molar-refractivity contribution < 1.29 is 4.79 Å². The highest BCUT2D eigenvalue weighted by Crippen LogP contribution is 2.34. The van der Waals surface area contributed by atoms with Crippen molar-refractivity contribution in [3.63, 3.8) is 0 Å². The van der Waals surface area contributed by atoms with Gasteiger partial charge in [-0.25, -0.2) is 0 Å². The van der Waals surface area contributed by atoms with Crippen molar-refractivity contribution in [3.8, 4) is 0 Å². The molecular weight excluding hydrogens is 254 g/mol. The van der Waals surface area contributed by atoms with Crippen LogP contribution in [-0.4, -0.2) is 17.9 Å². The predicted molar refractivity (Wildman–Crippen MR) is 78.5 cm³/mol. The Morgan fingerprint density at radius 3 is 2.89 bits per heavy atom. The maximum atomic E-state index is 12.5. The molecule has 1 atom stereocenters. The molecule has 1 aromatic carbocycles. The van der Waals surface area contributed by atoms with Gasteiger partial charge in [0, 0.05) is 7.05 Å². The van der Waals surface area contributed by atoms with E-state index in [1.54, 1.807) is 0 Å². The van der Waals surface area contributed by atoms with Gasteiger partial charge in [0.05, 0.1) is 10.9 Å². The van der Waals surface area contributed by atoms with Gasteiger partial charge in [-0.2, -0.15) is 0 Å². The average molecular weight is 271 g/mol. The molecule has 0 saturated carbocycles. The summed E-state index contributed by atoms with van der Waals surface area (Å²) in [6, 6.07) is 12.6. The Bertz CT molecular complexity index is 576. The summed E-state index contributed by atoms with van der Waals surface area (Å²) in [6.45, 7) is 0. The van der Waals surface area contributed by atoms with Crippen molar-refractivity contribution in [1.29, 1.82) is 0 Å². The van der Waals surface area contributed by atoms with Gasteiger partial charge in [0.25, 0.3) is 5.91 Å². The van der Waals surface area contributed by atoms with E-state index in [1.165, 1.54) is 22.5 Å². The van der Waals surface area contributed by atoms with Crippen molar-refractivity contribution in [1.82, 2.24) is 4.90 Å². The Labute approximate surface area is 117 Å². The zero-order chi connectivity index (χ0) is 13.2. The van der Waals surface area contributed by atoms with Gasteiger partial charge >= 0.3 is 0 Å². The molecular formula is C16H17NOS. The van der Waals surface area contributed by atoms with Gasteiger partial charge in [-0.3, -0.25) is 4.79 Å². The van der Waals surface area contributed by atoms with Crippen molar-refractivity contribution in [2.45, 2.75) is 25.3 Å². The Balaban J connectivity index is 1.89. The lowest BCUT2D eigenvalue weighted by Crippen LogP contribution is -2.32. The summed E-state index contributed by atoms with van der Waals surface area (Å²) < 4.78 is 0. The SMILES string of the molecule is CN(C(=O)c1cccs1)[C@@H]1CCCc2ccccc21. The summed E-state index contributed by atoms with van der Waals surface area (Å²) in [5, 5.41) is 1.95. The first kappa shape index (κ1) is 12.4. The largest absolute Gasteiger partial charge is 0.334 e. The molecule has 0 N–H and O–H groups in total. The first-order valence-electron chi connectivity index (χ1n) is 6.66. The number of nitrogens with zero attached hydrogens (tertiary/aromatic N) is 1. The molecule has 1 aliphatic carbocycles. The third-order valence-electron chi connectivity index (χ3n) is 3.86. The number of aryl methyl sites for hydroxylation is 1. The summed E-state index contributed by atoms with van der Waals surface area (Å²) in [5.74, 6) is 0.136. The monoisotopic (exact) mass is 271 g/mol. The first-order valence-corrected chi connectivity index (χ1v) is 7.54. The van der Waals surface area contributed by atoms with E-state index in [0.29, 0.717) is 0 Å². The van der Waals surface area contributed by atoms with Crippen LogP contribution in [0.3, 0.4) is 0 Å². The number of hydrogen-bond acceptors (Lipinski definition) is 2. The average Bonchev–Trinajstić information content (AvgIpc) is 2.99. The lowest BCUT2D eigenvalue weighted by molar-refractivity contribution is 0.0720. The quantitative estimate of drug-likeness (QED) is 0.811. The van der Waals surface area contributed by atoms with E-state index >= 15 is 0 Å². The second-order valence-electron chi connectivity index (χ2n) is 5.00. The fourth-order valence-corrected chi connectivity index (χ4v) is 3.55. The van der Waals surface area contributed by atoms with Crippen LogP contribution in [0.4, 0.5) is 0 Å². The van der Waals surface area contributed by atoms with E-state index < -0.39 is 0 Å². The van der Waals surface area contributed by atoms with Crippen LogP contribution in [0.25, 0.3) is 0 Å². The zero-order valence-corrected chi connectivity index (χ0v) is 11.8. The number of amides is 1. The van der Waals surface area contributed by atoms with Gasteiger partial charge in [0.1, 0.15) is 0 Å². The van der Waals surface area contributed by atoms with Crippen molar-refractivity contribution in [3.05, 3.63) is 57.8 Å². The van der Waals surface area contributed by atoms with Crippen molar-refractivity contribution in [2.24, 2.45) is 0 Å². The molecule has 0 fully saturated rings. The molecule has 0 saturated heterocycles. The normalized spacial score (nSPS) is 17.8. The van der Waals surface area contributed by atoms with E-state index in [-0.39, 0.29) is 11.9 Å². The second kappa shape index (κ2) is 5.17. The van der Waals surface area contributed by atoms with Crippen LogP contribution in [0.5, 0.6) is 0 Å². The zero-order valence-electron chi connectivity index (χ0n) is 11.0. The van der Waals surface area contributed by atoms with Crippen LogP contribution in [0.2, 0.25) is 0 Å². The maximum absolute atomic E-state index is 12.5.